The van der Waals surface area contributed by atoms with Crippen LogP contribution in [0, 0.1) is 0 Å². The third-order valence-corrected chi connectivity index (χ3v) is 5.40. The van der Waals surface area contributed by atoms with Crippen molar-refractivity contribution in [2.24, 2.45) is 0 Å². The zero-order valence-electron chi connectivity index (χ0n) is 9.85. The maximum atomic E-state index is 13.0. The molecule has 11 nitrogen and oxygen atoms in total. The van der Waals surface area contributed by atoms with Crippen LogP contribution < -0.4 is 0 Å². The van der Waals surface area contributed by atoms with Gasteiger partial charge in [0.2, 0.25) is 0 Å². The Morgan fingerprint density at radius 1 is 1.14 bits per heavy atom. The van der Waals surface area contributed by atoms with E-state index in [9.17, 15) is 22.7 Å². The molecule has 21 heavy (non-hydrogen) atoms. The minimum absolute atomic E-state index is 1.17. The van der Waals surface area contributed by atoms with E-state index < -0.39 is 51.5 Å². The lowest BCUT2D eigenvalue weighted by Crippen LogP contribution is -2.44. The first kappa shape index (κ1) is 20.5. The number of rotatable bonds is 7. The molecule has 0 radical (unpaired) electrons. The standard InChI is InChI=1S/C6H12F2O11P2/c7-6(8,20(14,15)16)21(17,18)19-5(13)4(12)3(11)2(10)1-9/h2-4,9-12H,1H2,(H,17,18)(H2,14,15,16)/t2-,3-,4-/m1/s1. The second-order valence-electron chi connectivity index (χ2n) is 3.67. The molecule has 0 heterocycles. The average Bonchev–Trinajstić information content (AvgIpc) is 2.33. The van der Waals surface area contributed by atoms with Gasteiger partial charge in [0.25, 0.3) is 0 Å². The molecule has 0 saturated heterocycles. The molecule has 0 aromatic heterocycles. The van der Waals surface area contributed by atoms with Crippen molar-refractivity contribution in [2.75, 3.05) is 6.61 Å². The summed E-state index contributed by atoms with van der Waals surface area (Å²) in [5.41, 5.74) is 0. The topological polar surface area (TPSA) is 202 Å². The second kappa shape index (κ2) is 6.73. The van der Waals surface area contributed by atoms with Crippen LogP contribution in [0.2, 0.25) is 0 Å². The molecular weight excluding hydrogens is 348 g/mol. The van der Waals surface area contributed by atoms with Gasteiger partial charge < -0.3 is 39.6 Å². The third-order valence-electron chi connectivity index (χ3n) is 2.05. The van der Waals surface area contributed by atoms with Crippen molar-refractivity contribution < 1.29 is 62.3 Å². The van der Waals surface area contributed by atoms with Crippen molar-refractivity contribution in [3.8, 4) is 0 Å². The zero-order chi connectivity index (χ0) is 17.2. The van der Waals surface area contributed by atoms with Crippen LogP contribution in [0.1, 0.15) is 0 Å². The van der Waals surface area contributed by atoms with E-state index in [2.05, 4.69) is 4.52 Å². The molecule has 0 fully saturated rings. The Kier molecular flexibility index (Phi) is 6.58. The SMILES string of the molecule is O=C(OP(=O)(O)C(F)(F)P(=O)(O)O)[C@H](O)[C@H](O)[C@H](O)CO. The molecule has 0 saturated carbocycles. The third kappa shape index (κ3) is 4.49. The van der Waals surface area contributed by atoms with Crippen LogP contribution in [0.25, 0.3) is 0 Å². The lowest BCUT2D eigenvalue weighted by atomic mass is 10.1. The molecule has 0 rings (SSSR count). The highest BCUT2D eigenvalue weighted by molar-refractivity contribution is 7.72. The van der Waals surface area contributed by atoms with Crippen LogP contribution in [-0.2, 0) is 18.4 Å². The largest absolute Gasteiger partial charge is 0.461 e. The fraction of sp³-hybridized carbons (Fsp3) is 0.833. The van der Waals surface area contributed by atoms with Crippen molar-refractivity contribution in [3.05, 3.63) is 0 Å². The highest BCUT2D eigenvalue weighted by Crippen LogP contribution is 2.73. The van der Waals surface area contributed by atoms with Crippen LogP contribution in [0.3, 0.4) is 0 Å². The summed E-state index contributed by atoms with van der Waals surface area (Å²) in [4.78, 5) is 36.2. The average molecular weight is 360 g/mol. The van der Waals surface area contributed by atoms with Crippen molar-refractivity contribution in [2.45, 2.75) is 23.7 Å². The molecule has 0 bridgehead atoms. The van der Waals surface area contributed by atoms with Gasteiger partial charge in [-0.05, 0) is 0 Å². The summed E-state index contributed by atoms with van der Waals surface area (Å²) in [6, 6.07) is 0. The summed E-state index contributed by atoms with van der Waals surface area (Å²) in [6.07, 6.45) is -7.42. The fourth-order valence-electron chi connectivity index (χ4n) is 0.853. The lowest BCUT2D eigenvalue weighted by molar-refractivity contribution is -0.157. The number of carbonyl (C=O) groups excluding carboxylic acids is 1. The molecule has 0 amide bonds. The molecule has 0 aliphatic carbocycles. The minimum atomic E-state index is -6.57. The summed E-state index contributed by atoms with van der Waals surface area (Å²) in [5.74, 6) is -2.37. The normalized spacial score (nSPS) is 20.2. The number of aliphatic hydroxyl groups excluding tert-OH is 4. The monoisotopic (exact) mass is 360 g/mol. The van der Waals surface area contributed by atoms with Gasteiger partial charge in [0.05, 0.1) is 6.61 Å². The van der Waals surface area contributed by atoms with Crippen molar-refractivity contribution in [1.29, 1.82) is 0 Å². The van der Waals surface area contributed by atoms with Gasteiger partial charge >= 0.3 is 26.6 Å². The molecule has 0 spiro atoms. The Hall–Kier alpha value is -0.490. The maximum absolute atomic E-state index is 13.0. The summed E-state index contributed by atoms with van der Waals surface area (Å²) >= 11 is 0. The van der Waals surface area contributed by atoms with Crippen molar-refractivity contribution in [1.82, 2.24) is 0 Å². The van der Waals surface area contributed by atoms with Crippen molar-refractivity contribution in [3.63, 3.8) is 0 Å². The van der Waals surface area contributed by atoms with Gasteiger partial charge in [-0.2, -0.15) is 8.78 Å². The molecular formula is C6H12F2O11P2. The minimum Gasteiger partial charge on any atom is -0.394 e. The molecule has 4 atom stereocenters. The summed E-state index contributed by atoms with van der Waals surface area (Å²) < 4.78 is 50.6. The molecule has 0 aliphatic rings. The predicted octanol–water partition coefficient (Wildman–Crippen LogP) is -2.48. The molecule has 0 aromatic rings. The van der Waals surface area contributed by atoms with Crippen LogP contribution in [0.15, 0.2) is 0 Å². The first-order chi connectivity index (χ1) is 9.19. The van der Waals surface area contributed by atoms with Gasteiger partial charge in [0, 0.05) is 0 Å². The Morgan fingerprint density at radius 3 is 1.90 bits per heavy atom. The van der Waals surface area contributed by atoms with Crippen LogP contribution in [-0.4, -0.2) is 71.4 Å². The highest BCUT2D eigenvalue weighted by atomic mass is 31.2. The fourth-order valence-corrected chi connectivity index (χ4v) is 2.75. The maximum Gasteiger partial charge on any atom is 0.461 e. The first-order valence-electron chi connectivity index (χ1n) is 4.84. The van der Waals surface area contributed by atoms with Crippen molar-refractivity contribution >= 4 is 21.2 Å². The quantitative estimate of drug-likeness (QED) is 0.237. The Labute approximate surface area is 115 Å². The number of carbonyl (C=O) groups is 1. The molecule has 0 aliphatic heterocycles. The number of hydrogen-bond donors (Lipinski definition) is 7. The van der Waals surface area contributed by atoms with E-state index in [4.69, 9.17) is 35.1 Å². The first-order valence-corrected chi connectivity index (χ1v) is 8.03. The molecule has 126 valence electrons. The predicted molar refractivity (Wildman–Crippen MR) is 58.0 cm³/mol. The smallest absolute Gasteiger partial charge is 0.394 e. The Bertz CT molecular complexity index is 475. The molecule has 1 unspecified atom stereocenters. The van der Waals surface area contributed by atoms with E-state index in [-0.39, 0.29) is 0 Å². The number of halogens is 2. The Balaban J connectivity index is 5.17. The van der Waals surface area contributed by atoms with Gasteiger partial charge in [-0.25, -0.2) is 9.36 Å². The summed E-state index contributed by atoms with van der Waals surface area (Å²) in [6.45, 7) is -1.17. The number of aliphatic hydroxyl groups is 4. The van der Waals surface area contributed by atoms with E-state index in [0.29, 0.717) is 0 Å². The van der Waals surface area contributed by atoms with Crippen LogP contribution in [0.4, 0.5) is 8.78 Å². The van der Waals surface area contributed by atoms with Gasteiger partial charge in [-0.15, -0.1) is 0 Å². The van der Waals surface area contributed by atoms with E-state index in [1.54, 1.807) is 0 Å². The number of hydrogen-bond acceptors (Lipinski definition) is 8. The second-order valence-corrected chi connectivity index (χ2v) is 7.46. The van der Waals surface area contributed by atoms with E-state index in [1.165, 1.54) is 0 Å². The van der Waals surface area contributed by atoms with Gasteiger partial charge in [0.1, 0.15) is 12.2 Å². The van der Waals surface area contributed by atoms with E-state index >= 15 is 0 Å². The highest BCUT2D eigenvalue weighted by Gasteiger charge is 2.67. The van der Waals surface area contributed by atoms with E-state index in [1.807, 2.05) is 0 Å². The van der Waals surface area contributed by atoms with E-state index in [0.717, 1.165) is 0 Å². The summed E-state index contributed by atoms with van der Waals surface area (Å²) in [7, 11) is -13.0. The molecule has 15 heteroatoms. The van der Waals surface area contributed by atoms with Gasteiger partial charge in [-0.1, -0.05) is 0 Å². The number of alkyl halides is 2. The molecule has 7 N–H and O–H groups in total. The van der Waals surface area contributed by atoms with Gasteiger partial charge in [0.15, 0.2) is 6.10 Å². The zero-order valence-corrected chi connectivity index (χ0v) is 11.6. The lowest BCUT2D eigenvalue weighted by Gasteiger charge is -2.24. The Morgan fingerprint density at radius 2 is 1.57 bits per heavy atom. The summed E-state index contributed by atoms with van der Waals surface area (Å²) in [5, 5.41) is 29.7. The van der Waals surface area contributed by atoms with Crippen LogP contribution in [0.5, 0.6) is 0 Å². The van der Waals surface area contributed by atoms with Gasteiger partial charge in [-0.3, -0.25) is 4.57 Å². The van der Waals surface area contributed by atoms with Crippen LogP contribution >= 0.6 is 15.2 Å². The molecule has 0 aromatic carbocycles.